The number of hydrogen-bond acceptors (Lipinski definition) is 7. The number of esters is 1. The molecule has 0 heterocycles. The number of rotatable bonds is 17. The number of sulfonamides is 1. The van der Waals surface area contributed by atoms with Crippen LogP contribution in [0.5, 0.6) is 5.75 Å². The van der Waals surface area contributed by atoms with Crippen LogP contribution in [0.2, 0.25) is 0 Å². The summed E-state index contributed by atoms with van der Waals surface area (Å²) in [7, 11) is -3.71. The van der Waals surface area contributed by atoms with Crippen molar-refractivity contribution >= 4 is 21.7 Å². The second kappa shape index (κ2) is 16.5. The van der Waals surface area contributed by atoms with Gasteiger partial charge in [0.05, 0.1) is 36.5 Å². The van der Waals surface area contributed by atoms with Crippen molar-refractivity contribution in [3.05, 3.63) is 30.2 Å². The molecule has 1 saturated carbocycles. The minimum absolute atomic E-state index is 0.0495. The Balaban J connectivity index is 2.21. The number of ether oxygens (including phenoxy) is 3. The Morgan fingerprint density at radius 1 is 0.972 bits per heavy atom. The number of anilines is 1. The zero-order valence-electron chi connectivity index (χ0n) is 22.1. The molecule has 0 amide bonds. The normalized spacial score (nSPS) is 14.9. The fourth-order valence-electron chi connectivity index (χ4n) is 4.17. The van der Waals surface area contributed by atoms with Gasteiger partial charge in [-0.2, -0.15) is 0 Å². The first kappa shape index (κ1) is 30.0. The lowest BCUT2D eigenvalue weighted by atomic mass is 9.96. The number of carbonyl (C=O) groups is 1. The largest absolute Gasteiger partial charge is 0.491 e. The third kappa shape index (κ3) is 10.8. The van der Waals surface area contributed by atoms with Crippen molar-refractivity contribution in [2.24, 2.45) is 0 Å². The van der Waals surface area contributed by atoms with Gasteiger partial charge in [-0.25, -0.2) is 17.9 Å². The molecule has 0 radical (unpaired) electrons. The van der Waals surface area contributed by atoms with Gasteiger partial charge in [0, 0.05) is 6.04 Å². The number of unbranched alkanes of at least 4 members (excludes halogenated alkanes) is 5. The molecular formula is C27H44N2O6S. The molecule has 204 valence electrons. The van der Waals surface area contributed by atoms with Crippen molar-refractivity contribution in [2.75, 3.05) is 25.1 Å². The van der Waals surface area contributed by atoms with E-state index in [0.29, 0.717) is 24.7 Å². The average Bonchev–Trinajstić information content (AvgIpc) is 2.84. The van der Waals surface area contributed by atoms with E-state index in [1.165, 1.54) is 37.8 Å². The topological polar surface area (TPSA) is 103 Å². The minimum atomic E-state index is -3.71. The van der Waals surface area contributed by atoms with E-state index in [1.807, 2.05) is 0 Å². The van der Waals surface area contributed by atoms with Crippen LogP contribution in [0.4, 0.5) is 5.69 Å². The Kier molecular flexibility index (Phi) is 13.7. The van der Waals surface area contributed by atoms with Gasteiger partial charge in [-0.15, -0.1) is 0 Å². The molecule has 1 aromatic rings. The first-order valence-electron chi connectivity index (χ1n) is 13.5. The van der Waals surface area contributed by atoms with Crippen molar-refractivity contribution in [3.63, 3.8) is 0 Å². The van der Waals surface area contributed by atoms with E-state index in [9.17, 15) is 13.2 Å². The van der Waals surface area contributed by atoms with Crippen LogP contribution in [0.15, 0.2) is 35.1 Å². The van der Waals surface area contributed by atoms with Gasteiger partial charge >= 0.3 is 5.97 Å². The third-order valence-electron chi connectivity index (χ3n) is 6.04. The van der Waals surface area contributed by atoms with Crippen LogP contribution in [0.3, 0.4) is 0 Å². The number of nitrogens with one attached hydrogen (secondary N) is 2. The Hall–Kier alpha value is -2.26. The molecule has 0 saturated heterocycles. The first-order valence-corrected chi connectivity index (χ1v) is 14.9. The summed E-state index contributed by atoms with van der Waals surface area (Å²) < 4.78 is 45.7. The van der Waals surface area contributed by atoms with Crippen LogP contribution in [0.1, 0.15) is 91.4 Å². The van der Waals surface area contributed by atoms with Crippen LogP contribution in [-0.2, 0) is 24.3 Å². The molecule has 0 spiro atoms. The predicted molar refractivity (Wildman–Crippen MR) is 142 cm³/mol. The maximum atomic E-state index is 13.1. The highest BCUT2D eigenvalue weighted by atomic mass is 32.2. The SMILES string of the molecule is CCCCCCCCOc1ccc(S(=O)(=O)NC2CCCCC2)cc1N/C(=C/C(=O)OCC)OCC. The van der Waals surface area contributed by atoms with E-state index in [2.05, 4.69) is 17.0 Å². The molecule has 2 rings (SSSR count). The van der Waals surface area contributed by atoms with E-state index >= 15 is 0 Å². The van der Waals surface area contributed by atoms with Gasteiger partial charge in [-0.3, -0.25) is 0 Å². The van der Waals surface area contributed by atoms with Gasteiger partial charge in [0.25, 0.3) is 0 Å². The number of benzene rings is 1. The third-order valence-corrected chi connectivity index (χ3v) is 7.56. The van der Waals surface area contributed by atoms with Crippen molar-refractivity contribution in [1.29, 1.82) is 0 Å². The smallest absolute Gasteiger partial charge is 0.336 e. The van der Waals surface area contributed by atoms with Crippen molar-refractivity contribution in [1.82, 2.24) is 4.72 Å². The van der Waals surface area contributed by atoms with Crippen LogP contribution < -0.4 is 14.8 Å². The molecule has 0 aromatic heterocycles. The van der Waals surface area contributed by atoms with E-state index in [0.717, 1.165) is 44.9 Å². The van der Waals surface area contributed by atoms with Crippen LogP contribution >= 0.6 is 0 Å². The minimum Gasteiger partial charge on any atom is -0.491 e. The Labute approximate surface area is 217 Å². The Morgan fingerprint density at radius 3 is 2.36 bits per heavy atom. The van der Waals surface area contributed by atoms with Crippen LogP contribution in [0.25, 0.3) is 0 Å². The summed E-state index contributed by atoms with van der Waals surface area (Å²) in [4.78, 5) is 12.1. The highest BCUT2D eigenvalue weighted by Gasteiger charge is 2.23. The summed E-state index contributed by atoms with van der Waals surface area (Å²) in [6, 6.07) is 4.69. The molecule has 8 nitrogen and oxygen atoms in total. The molecule has 2 N–H and O–H groups in total. The summed E-state index contributed by atoms with van der Waals surface area (Å²) in [6.45, 7) is 6.78. The average molecular weight is 525 g/mol. The summed E-state index contributed by atoms with van der Waals surface area (Å²) in [5.41, 5.74) is 0.413. The molecule has 0 unspecified atom stereocenters. The van der Waals surface area contributed by atoms with Gasteiger partial charge in [0.1, 0.15) is 5.75 Å². The molecule has 1 fully saturated rings. The molecule has 0 aliphatic heterocycles. The van der Waals surface area contributed by atoms with Crippen molar-refractivity contribution in [2.45, 2.75) is 102 Å². The number of carbonyl (C=O) groups excluding carboxylic acids is 1. The molecule has 36 heavy (non-hydrogen) atoms. The molecule has 1 aliphatic rings. The van der Waals surface area contributed by atoms with E-state index < -0.39 is 16.0 Å². The maximum Gasteiger partial charge on any atom is 0.336 e. The summed E-state index contributed by atoms with van der Waals surface area (Å²) >= 11 is 0. The predicted octanol–water partition coefficient (Wildman–Crippen LogP) is 5.89. The van der Waals surface area contributed by atoms with E-state index in [1.54, 1.807) is 26.0 Å². The summed E-state index contributed by atoms with van der Waals surface area (Å²) in [5.74, 6) is 0.107. The van der Waals surface area contributed by atoms with Crippen molar-refractivity contribution < 1.29 is 27.4 Å². The van der Waals surface area contributed by atoms with Crippen LogP contribution in [-0.4, -0.2) is 40.2 Å². The van der Waals surface area contributed by atoms with Gasteiger partial charge in [-0.05, 0) is 51.3 Å². The zero-order chi connectivity index (χ0) is 26.2. The first-order chi connectivity index (χ1) is 17.4. The van der Waals surface area contributed by atoms with Gasteiger partial charge in [0.15, 0.2) is 5.88 Å². The molecule has 9 heteroatoms. The van der Waals surface area contributed by atoms with Gasteiger partial charge in [-0.1, -0.05) is 58.3 Å². The van der Waals surface area contributed by atoms with Gasteiger partial charge < -0.3 is 19.5 Å². The van der Waals surface area contributed by atoms with E-state index in [-0.39, 0.29) is 23.4 Å². The van der Waals surface area contributed by atoms with Crippen molar-refractivity contribution in [3.8, 4) is 5.75 Å². The number of hydrogen-bond donors (Lipinski definition) is 2. The lowest BCUT2D eigenvalue weighted by Gasteiger charge is -2.23. The fourth-order valence-corrected chi connectivity index (χ4v) is 5.50. The second-order valence-electron chi connectivity index (χ2n) is 9.05. The van der Waals surface area contributed by atoms with E-state index in [4.69, 9.17) is 14.2 Å². The summed E-state index contributed by atoms with van der Waals surface area (Å²) in [5, 5.41) is 3.04. The second-order valence-corrected chi connectivity index (χ2v) is 10.8. The highest BCUT2D eigenvalue weighted by molar-refractivity contribution is 7.89. The zero-order valence-corrected chi connectivity index (χ0v) is 23.0. The van der Waals surface area contributed by atoms with Gasteiger partial charge in [0.2, 0.25) is 10.0 Å². The lowest BCUT2D eigenvalue weighted by Crippen LogP contribution is -2.36. The quantitative estimate of drug-likeness (QED) is 0.113. The van der Waals surface area contributed by atoms with Crippen LogP contribution in [0, 0.1) is 0 Å². The molecule has 1 aliphatic carbocycles. The highest BCUT2D eigenvalue weighted by Crippen LogP contribution is 2.30. The monoisotopic (exact) mass is 524 g/mol. The fraction of sp³-hybridized carbons (Fsp3) is 0.667. The molecule has 0 bridgehead atoms. The maximum absolute atomic E-state index is 13.1. The Morgan fingerprint density at radius 2 is 1.67 bits per heavy atom. The molecule has 1 aromatic carbocycles. The Bertz CT molecular complexity index is 926. The lowest BCUT2D eigenvalue weighted by molar-refractivity contribution is -0.137. The molecule has 0 atom stereocenters. The standard InChI is InChI=1S/C27H44N2O6S/c1-4-7-8-9-10-14-19-35-25-18-17-23(36(31,32)29-22-15-12-11-13-16-22)20-24(25)28-26(33-5-2)21-27(30)34-6-3/h17-18,20-22,28-29H,4-16,19H2,1-3H3/b26-21-. The summed E-state index contributed by atoms with van der Waals surface area (Å²) in [6.07, 6.45) is 12.9. The molecular weight excluding hydrogens is 480 g/mol.